The number of aliphatic hydroxyl groups excluding tert-OH is 1. The van der Waals surface area contributed by atoms with Crippen LogP contribution in [-0.2, 0) is 0 Å². The Morgan fingerprint density at radius 2 is 2.27 bits per heavy atom. The molecular weight excluding hydrogens is 221 g/mol. The van der Waals surface area contributed by atoms with Gasteiger partial charge < -0.3 is 5.11 Å². The number of hydrogen-bond acceptors (Lipinski definition) is 4. The van der Waals surface area contributed by atoms with Crippen molar-refractivity contribution in [1.82, 2.24) is 0 Å². The standard InChI is InChI=1S/C9H10FNO3S/c1-6-4-9(15-3-2-12)8(11(13)14)5-7(6)10/h4-5,12H,2-3H2,1H3. The number of hydrogen-bond donors (Lipinski definition) is 1. The number of benzene rings is 1. The van der Waals surface area contributed by atoms with Gasteiger partial charge in [0.2, 0.25) is 0 Å². The van der Waals surface area contributed by atoms with Gasteiger partial charge >= 0.3 is 0 Å². The predicted octanol–water partition coefficient (Wildman–Crippen LogP) is 2.13. The van der Waals surface area contributed by atoms with Crippen LogP contribution in [0.4, 0.5) is 10.1 Å². The fourth-order valence-corrected chi connectivity index (χ4v) is 1.91. The third-order valence-electron chi connectivity index (χ3n) is 1.79. The molecule has 82 valence electrons. The van der Waals surface area contributed by atoms with Gasteiger partial charge in [-0.1, -0.05) is 0 Å². The lowest BCUT2D eigenvalue weighted by atomic mass is 10.2. The lowest BCUT2D eigenvalue weighted by molar-refractivity contribution is -0.387. The molecule has 0 bridgehead atoms. The maximum absolute atomic E-state index is 13.1. The molecule has 0 saturated carbocycles. The maximum atomic E-state index is 13.1. The Labute approximate surface area is 90.3 Å². The van der Waals surface area contributed by atoms with E-state index in [0.717, 1.165) is 17.8 Å². The molecule has 1 aromatic rings. The van der Waals surface area contributed by atoms with Crippen LogP contribution in [0, 0.1) is 22.9 Å². The number of thioether (sulfide) groups is 1. The Bertz CT molecular complexity index is 384. The van der Waals surface area contributed by atoms with Crippen LogP contribution in [0.2, 0.25) is 0 Å². The van der Waals surface area contributed by atoms with E-state index < -0.39 is 10.7 Å². The van der Waals surface area contributed by atoms with Crippen LogP contribution in [-0.4, -0.2) is 22.4 Å². The largest absolute Gasteiger partial charge is 0.396 e. The Hall–Kier alpha value is -1.14. The highest BCUT2D eigenvalue weighted by atomic mass is 32.2. The molecule has 0 amide bonds. The van der Waals surface area contributed by atoms with Gasteiger partial charge in [-0.3, -0.25) is 10.1 Å². The third kappa shape index (κ3) is 2.90. The van der Waals surface area contributed by atoms with Gasteiger partial charge in [-0.2, -0.15) is 0 Å². The van der Waals surface area contributed by atoms with E-state index in [-0.39, 0.29) is 12.3 Å². The predicted molar refractivity (Wildman–Crippen MR) is 55.6 cm³/mol. The van der Waals surface area contributed by atoms with Crippen molar-refractivity contribution >= 4 is 17.4 Å². The van der Waals surface area contributed by atoms with Gasteiger partial charge in [0.15, 0.2) is 0 Å². The van der Waals surface area contributed by atoms with E-state index >= 15 is 0 Å². The molecular formula is C9H10FNO3S. The van der Waals surface area contributed by atoms with Gasteiger partial charge in [-0.25, -0.2) is 4.39 Å². The first-order valence-corrected chi connectivity index (χ1v) is 5.23. The molecule has 1 N–H and O–H groups in total. The van der Waals surface area contributed by atoms with E-state index in [9.17, 15) is 14.5 Å². The van der Waals surface area contributed by atoms with Gasteiger partial charge in [-0.15, -0.1) is 11.8 Å². The summed E-state index contributed by atoms with van der Waals surface area (Å²) in [7, 11) is 0. The summed E-state index contributed by atoms with van der Waals surface area (Å²) in [6.45, 7) is 1.47. The minimum Gasteiger partial charge on any atom is -0.396 e. The van der Waals surface area contributed by atoms with Crippen LogP contribution in [0.25, 0.3) is 0 Å². The second-order valence-corrected chi connectivity index (χ2v) is 4.04. The fraction of sp³-hybridized carbons (Fsp3) is 0.333. The number of aliphatic hydroxyl groups is 1. The number of nitrogens with zero attached hydrogens (tertiary/aromatic N) is 1. The van der Waals surface area contributed by atoms with Crippen molar-refractivity contribution in [3.8, 4) is 0 Å². The zero-order valence-electron chi connectivity index (χ0n) is 8.07. The molecule has 0 radical (unpaired) electrons. The average Bonchev–Trinajstić information content (AvgIpc) is 2.19. The molecule has 0 unspecified atom stereocenters. The monoisotopic (exact) mass is 231 g/mol. The minimum absolute atomic E-state index is 0.0712. The van der Waals surface area contributed by atoms with Crippen LogP contribution >= 0.6 is 11.8 Å². The number of halogens is 1. The van der Waals surface area contributed by atoms with Crippen molar-refractivity contribution in [2.24, 2.45) is 0 Å². The number of nitro groups is 1. The molecule has 0 fully saturated rings. The lowest BCUT2D eigenvalue weighted by Gasteiger charge is -2.03. The van der Waals surface area contributed by atoms with E-state index in [1.54, 1.807) is 6.92 Å². The van der Waals surface area contributed by atoms with E-state index in [2.05, 4.69) is 0 Å². The highest BCUT2D eigenvalue weighted by Gasteiger charge is 2.16. The summed E-state index contributed by atoms with van der Waals surface area (Å²) in [4.78, 5) is 10.4. The molecule has 0 aliphatic rings. The first-order chi connectivity index (χ1) is 7.06. The van der Waals surface area contributed by atoms with E-state index in [1.165, 1.54) is 6.07 Å². The quantitative estimate of drug-likeness (QED) is 0.490. The first-order valence-electron chi connectivity index (χ1n) is 4.24. The highest BCUT2D eigenvalue weighted by Crippen LogP contribution is 2.31. The third-order valence-corrected chi connectivity index (χ3v) is 2.81. The van der Waals surface area contributed by atoms with Crippen LogP contribution in [0.3, 0.4) is 0 Å². The molecule has 1 aromatic carbocycles. The molecule has 0 atom stereocenters. The van der Waals surface area contributed by atoms with Gasteiger partial charge in [0.05, 0.1) is 22.5 Å². The zero-order chi connectivity index (χ0) is 11.4. The summed E-state index contributed by atoms with van der Waals surface area (Å²) in [6.07, 6.45) is 0. The zero-order valence-corrected chi connectivity index (χ0v) is 8.88. The topological polar surface area (TPSA) is 63.4 Å². The molecule has 4 nitrogen and oxygen atoms in total. The second-order valence-electron chi connectivity index (χ2n) is 2.90. The van der Waals surface area contributed by atoms with Crippen molar-refractivity contribution in [3.05, 3.63) is 33.6 Å². The molecule has 0 aliphatic heterocycles. The highest BCUT2D eigenvalue weighted by molar-refractivity contribution is 7.99. The normalized spacial score (nSPS) is 10.3. The second kappa shape index (κ2) is 5.09. The molecule has 0 spiro atoms. The Morgan fingerprint density at radius 1 is 1.60 bits per heavy atom. The number of rotatable bonds is 4. The summed E-state index contributed by atoms with van der Waals surface area (Å²) >= 11 is 1.14. The number of aryl methyl sites for hydroxylation is 1. The van der Waals surface area contributed by atoms with Crippen molar-refractivity contribution in [2.45, 2.75) is 11.8 Å². The van der Waals surface area contributed by atoms with Crippen molar-refractivity contribution in [3.63, 3.8) is 0 Å². The average molecular weight is 231 g/mol. The Kier molecular flexibility index (Phi) is 4.05. The van der Waals surface area contributed by atoms with Crippen molar-refractivity contribution < 1.29 is 14.4 Å². The Balaban J connectivity index is 3.10. The minimum atomic E-state index is -0.623. The van der Waals surface area contributed by atoms with Gasteiger partial charge in [0.25, 0.3) is 5.69 Å². The molecule has 1 rings (SSSR count). The Morgan fingerprint density at radius 3 is 2.80 bits per heavy atom. The SMILES string of the molecule is Cc1cc(SCCO)c([N+](=O)[O-])cc1F. The van der Waals surface area contributed by atoms with Gasteiger partial charge in [0, 0.05) is 5.75 Å². The summed E-state index contributed by atoms with van der Waals surface area (Å²) < 4.78 is 13.1. The van der Waals surface area contributed by atoms with Gasteiger partial charge in [-0.05, 0) is 18.6 Å². The van der Waals surface area contributed by atoms with Crippen LogP contribution < -0.4 is 0 Å². The van der Waals surface area contributed by atoms with E-state index in [4.69, 9.17) is 5.11 Å². The maximum Gasteiger partial charge on any atom is 0.285 e. The summed E-state index contributed by atoms with van der Waals surface area (Å²) in [5.41, 5.74) is 0.109. The molecule has 0 heterocycles. The summed E-state index contributed by atoms with van der Waals surface area (Å²) in [5.74, 6) is -0.235. The summed E-state index contributed by atoms with van der Waals surface area (Å²) in [6, 6.07) is 2.34. The van der Waals surface area contributed by atoms with Crippen molar-refractivity contribution in [2.75, 3.05) is 12.4 Å². The molecule has 0 aliphatic carbocycles. The first kappa shape index (κ1) is 11.9. The summed E-state index contributed by atoms with van der Waals surface area (Å²) in [5, 5.41) is 19.2. The number of nitro benzene ring substituents is 1. The van der Waals surface area contributed by atoms with E-state index in [1.807, 2.05) is 0 Å². The van der Waals surface area contributed by atoms with E-state index in [0.29, 0.717) is 16.2 Å². The molecule has 6 heteroatoms. The van der Waals surface area contributed by atoms with Crippen molar-refractivity contribution in [1.29, 1.82) is 0 Å². The molecule has 15 heavy (non-hydrogen) atoms. The van der Waals surface area contributed by atoms with Crippen LogP contribution in [0.1, 0.15) is 5.56 Å². The molecule has 0 saturated heterocycles. The molecule has 0 aromatic heterocycles. The fourth-order valence-electron chi connectivity index (χ4n) is 1.06. The van der Waals surface area contributed by atoms with Crippen LogP contribution in [0.15, 0.2) is 17.0 Å². The van der Waals surface area contributed by atoms with Gasteiger partial charge in [0.1, 0.15) is 5.82 Å². The van der Waals surface area contributed by atoms with Crippen LogP contribution in [0.5, 0.6) is 0 Å². The lowest BCUT2D eigenvalue weighted by Crippen LogP contribution is -1.96. The smallest absolute Gasteiger partial charge is 0.285 e.